The van der Waals surface area contributed by atoms with E-state index in [0.29, 0.717) is 13.0 Å². The average Bonchev–Trinajstić information content (AvgIpc) is 2.37. The van der Waals surface area contributed by atoms with E-state index in [1.54, 1.807) is 7.11 Å². The molecule has 0 aliphatic carbocycles. The Morgan fingerprint density at radius 2 is 2.17 bits per heavy atom. The number of carbonyl (C=O) groups is 1. The summed E-state index contributed by atoms with van der Waals surface area (Å²) in [4.78, 5) is 11.2. The Morgan fingerprint density at radius 3 is 2.89 bits per heavy atom. The molecule has 0 spiro atoms. The zero-order chi connectivity index (χ0) is 13.2. The van der Waals surface area contributed by atoms with Gasteiger partial charge in [0.2, 0.25) is 0 Å². The van der Waals surface area contributed by atoms with Crippen LogP contribution in [0, 0.1) is 0 Å². The Balaban J connectivity index is 2.35. The molecule has 0 aliphatic heterocycles. The van der Waals surface area contributed by atoms with Crippen molar-refractivity contribution in [2.75, 3.05) is 20.5 Å². The van der Waals surface area contributed by atoms with Crippen molar-refractivity contribution in [2.24, 2.45) is 0 Å². The van der Waals surface area contributed by atoms with E-state index in [9.17, 15) is 4.79 Å². The molecule has 0 aliphatic rings. The summed E-state index contributed by atoms with van der Waals surface area (Å²) in [5.74, 6) is 0.648. The molecule has 0 heterocycles. The summed E-state index contributed by atoms with van der Waals surface area (Å²) in [5.41, 5.74) is 1.15. The van der Waals surface area contributed by atoms with E-state index in [4.69, 9.17) is 14.2 Å². The zero-order valence-corrected chi connectivity index (χ0v) is 11.0. The lowest BCUT2D eigenvalue weighted by atomic mass is 10.1. The van der Waals surface area contributed by atoms with E-state index in [1.165, 1.54) is 0 Å². The number of aryl methyl sites for hydroxylation is 1. The number of ether oxygens (including phenoxy) is 3. The van der Waals surface area contributed by atoms with Gasteiger partial charge in [-0.05, 0) is 37.5 Å². The molecule has 0 atom stereocenters. The molecule has 4 heteroatoms. The van der Waals surface area contributed by atoms with Crippen LogP contribution < -0.4 is 4.74 Å². The van der Waals surface area contributed by atoms with Crippen LogP contribution >= 0.6 is 0 Å². The minimum absolute atomic E-state index is 0.135. The first-order valence-corrected chi connectivity index (χ1v) is 6.12. The molecule has 100 valence electrons. The van der Waals surface area contributed by atoms with Gasteiger partial charge in [-0.15, -0.1) is 0 Å². The minimum Gasteiger partial charge on any atom is -0.468 e. The molecule has 0 bridgehead atoms. The lowest BCUT2D eigenvalue weighted by molar-refractivity contribution is -0.143. The van der Waals surface area contributed by atoms with Gasteiger partial charge in [-0.25, -0.2) is 0 Å². The van der Waals surface area contributed by atoms with Crippen LogP contribution in [0.5, 0.6) is 5.75 Å². The van der Waals surface area contributed by atoms with Crippen LogP contribution in [0.2, 0.25) is 0 Å². The third-order valence-corrected chi connectivity index (χ3v) is 2.39. The van der Waals surface area contributed by atoms with Crippen molar-refractivity contribution in [1.29, 1.82) is 0 Å². The number of carbonyl (C=O) groups excluding carboxylic acids is 1. The highest BCUT2D eigenvalue weighted by Crippen LogP contribution is 2.15. The Labute approximate surface area is 108 Å². The van der Waals surface area contributed by atoms with Crippen LogP contribution in [-0.4, -0.2) is 26.5 Å². The van der Waals surface area contributed by atoms with E-state index < -0.39 is 0 Å². The molecule has 0 saturated heterocycles. The predicted octanol–water partition coefficient (Wildman–Crippen LogP) is 2.56. The first-order valence-electron chi connectivity index (χ1n) is 6.12. The zero-order valence-electron chi connectivity index (χ0n) is 11.0. The fraction of sp³-hybridized carbons (Fsp3) is 0.500. The lowest BCUT2D eigenvalue weighted by Gasteiger charge is -2.07. The summed E-state index contributed by atoms with van der Waals surface area (Å²) < 4.78 is 15.1. The van der Waals surface area contributed by atoms with E-state index >= 15 is 0 Å². The Kier molecular flexibility index (Phi) is 6.87. The van der Waals surface area contributed by atoms with Gasteiger partial charge < -0.3 is 14.2 Å². The normalized spacial score (nSPS) is 10.1. The molecule has 0 fully saturated rings. The van der Waals surface area contributed by atoms with Gasteiger partial charge in [0.05, 0.1) is 6.61 Å². The third kappa shape index (κ3) is 5.68. The monoisotopic (exact) mass is 252 g/mol. The molecule has 0 radical (unpaired) electrons. The number of hydrogen-bond donors (Lipinski definition) is 0. The first kappa shape index (κ1) is 14.5. The molecular weight excluding hydrogens is 232 g/mol. The van der Waals surface area contributed by atoms with Gasteiger partial charge >= 0.3 is 5.97 Å². The van der Waals surface area contributed by atoms with E-state index in [2.05, 4.69) is 0 Å². The second-order valence-electron chi connectivity index (χ2n) is 3.86. The van der Waals surface area contributed by atoms with Gasteiger partial charge in [0.1, 0.15) is 5.75 Å². The van der Waals surface area contributed by atoms with Gasteiger partial charge in [0.25, 0.3) is 0 Å². The molecule has 0 saturated carbocycles. The molecule has 4 nitrogen and oxygen atoms in total. The molecule has 1 rings (SSSR count). The maximum absolute atomic E-state index is 11.2. The van der Waals surface area contributed by atoms with Gasteiger partial charge in [-0.1, -0.05) is 12.1 Å². The molecule has 1 aromatic carbocycles. The van der Waals surface area contributed by atoms with Crippen molar-refractivity contribution in [1.82, 2.24) is 0 Å². The van der Waals surface area contributed by atoms with Gasteiger partial charge in [0, 0.05) is 13.5 Å². The van der Waals surface area contributed by atoms with Crippen LogP contribution in [0.15, 0.2) is 24.3 Å². The smallest absolute Gasteiger partial charge is 0.305 e. The van der Waals surface area contributed by atoms with Crippen molar-refractivity contribution in [3.63, 3.8) is 0 Å². The summed E-state index contributed by atoms with van der Waals surface area (Å²) in [5, 5.41) is 0. The highest BCUT2D eigenvalue weighted by atomic mass is 16.7. The van der Waals surface area contributed by atoms with Crippen LogP contribution in [-0.2, 0) is 20.7 Å². The molecule has 0 amide bonds. The largest absolute Gasteiger partial charge is 0.468 e. The third-order valence-electron chi connectivity index (χ3n) is 2.39. The fourth-order valence-electron chi connectivity index (χ4n) is 1.59. The summed E-state index contributed by atoms with van der Waals surface area (Å²) in [7, 11) is 1.59. The summed E-state index contributed by atoms with van der Waals surface area (Å²) >= 11 is 0. The second kappa shape index (κ2) is 8.53. The Morgan fingerprint density at radius 1 is 1.33 bits per heavy atom. The Bertz CT molecular complexity index is 363. The molecule has 0 N–H and O–H groups in total. The van der Waals surface area contributed by atoms with Crippen molar-refractivity contribution in [2.45, 2.75) is 26.2 Å². The van der Waals surface area contributed by atoms with Crippen molar-refractivity contribution >= 4 is 5.97 Å². The molecule has 18 heavy (non-hydrogen) atoms. The SMILES string of the molecule is CCOC(=O)CCCc1cccc(OCOC)c1. The highest BCUT2D eigenvalue weighted by Gasteiger charge is 2.02. The topological polar surface area (TPSA) is 44.8 Å². The average molecular weight is 252 g/mol. The molecule has 0 unspecified atom stereocenters. The summed E-state index contributed by atoms with van der Waals surface area (Å²) in [6.45, 7) is 2.50. The number of methoxy groups -OCH3 is 1. The van der Waals surface area contributed by atoms with Gasteiger partial charge in [-0.2, -0.15) is 0 Å². The van der Waals surface area contributed by atoms with Crippen molar-refractivity contribution in [3.05, 3.63) is 29.8 Å². The Hall–Kier alpha value is -1.55. The van der Waals surface area contributed by atoms with Crippen LogP contribution in [0.3, 0.4) is 0 Å². The highest BCUT2D eigenvalue weighted by molar-refractivity contribution is 5.69. The van der Waals surface area contributed by atoms with Crippen molar-refractivity contribution in [3.8, 4) is 5.75 Å². The number of benzene rings is 1. The second-order valence-corrected chi connectivity index (χ2v) is 3.86. The summed E-state index contributed by atoms with van der Waals surface area (Å²) in [6.07, 6.45) is 2.08. The summed E-state index contributed by atoms with van der Waals surface area (Å²) in [6, 6.07) is 7.80. The van der Waals surface area contributed by atoms with E-state index in [0.717, 1.165) is 24.2 Å². The molecular formula is C14H20O4. The van der Waals surface area contributed by atoms with Crippen LogP contribution in [0.25, 0.3) is 0 Å². The van der Waals surface area contributed by atoms with Crippen LogP contribution in [0.1, 0.15) is 25.3 Å². The first-order chi connectivity index (χ1) is 8.76. The van der Waals surface area contributed by atoms with Crippen LogP contribution in [0.4, 0.5) is 0 Å². The van der Waals surface area contributed by atoms with E-state index in [1.807, 2.05) is 31.2 Å². The lowest BCUT2D eigenvalue weighted by Crippen LogP contribution is -2.04. The molecule has 1 aromatic rings. The minimum atomic E-state index is -0.135. The van der Waals surface area contributed by atoms with Gasteiger partial charge in [-0.3, -0.25) is 4.79 Å². The number of rotatable bonds is 8. The fourth-order valence-corrected chi connectivity index (χ4v) is 1.59. The molecule has 0 aromatic heterocycles. The maximum atomic E-state index is 11.2. The number of hydrogen-bond acceptors (Lipinski definition) is 4. The van der Waals surface area contributed by atoms with Gasteiger partial charge in [0.15, 0.2) is 6.79 Å². The standard InChI is InChI=1S/C14H20O4/c1-3-17-14(15)9-5-7-12-6-4-8-13(10-12)18-11-16-2/h4,6,8,10H,3,5,7,9,11H2,1-2H3. The van der Waals surface area contributed by atoms with E-state index in [-0.39, 0.29) is 12.8 Å². The number of esters is 1. The quantitative estimate of drug-likeness (QED) is 0.527. The maximum Gasteiger partial charge on any atom is 0.305 e. The van der Waals surface area contributed by atoms with Crippen molar-refractivity contribution < 1.29 is 19.0 Å². The predicted molar refractivity (Wildman–Crippen MR) is 68.5 cm³/mol.